The van der Waals surface area contributed by atoms with Crippen molar-refractivity contribution >= 4 is 16.1 Å². The molecule has 0 radical (unpaired) electrons. The summed E-state index contributed by atoms with van der Waals surface area (Å²) in [6, 6.07) is 3.65. The van der Waals surface area contributed by atoms with Crippen LogP contribution in [0, 0.1) is 6.92 Å². The Kier molecular flexibility index (Phi) is 5.84. The van der Waals surface area contributed by atoms with Gasteiger partial charge in [-0.3, -0.25) is 4.55 Å². The average molecular weight is 260 g/mol. The normalized spacial score (nSPS) is 10.2. The molecule has 0 aliphatic rings. The molecule has 17 heavy (non-hydrogen) atoms. The zero-order chi connectivity index (χ0) is 13.6. The molecule has 0 atom stereocenters. The third kappa shape index (κ3) is 4.16. The predicted molar refractivity (Wildman–Crippen MR) is 63.7 cm³/mol. The van der Waals surface area contributed by atoms with Gasteiger partial charge in [0, 0.05) is 0 Å². The summed E-state index contributed by atoms with van der Waals surface area (Å²) in [6.45, 7) is 5.56. The third-order valence-corrected chi connectivity index (χ3v) is 2.75. The zero-order valence-corrected chi connectivity index (χ0v) is 11.0. The molecule has 0 aromatic heterocycles. The van der Waals surface area contributed by atoms with Crippen LogP contribution in [0.15, 0.2) is 23.1 Å². The van der Waals surface area contributed by atoms with E-state index in [1.807, 2.05) is 13.8 Å². The van der Waals surface area contributed by atoms with Gasteiger partial charge >= 0.3 is 5.97 Å². The van der Waals surface area contributed by atoms with Crippen LogP contribution in [0.5, 0.6) is 0 Å². The Labute approximate surface area is 101 Å². The SMILES string of the molecule is CC.COC(=O)c1ccc(S(=O)(=O)O)cc1C. The van der Waals surface area contributed by atoms with E-state index in [4.69, 9.17) is 4.55 Å². The van der Waals surface area contributed by atoms with Gasteiger partial charge in [0.1, 0.15) is 0 Å². The van der Waals surface area contributed by atoms with Crippen molar-refractivity contribution in [2.24, 2.45) is 0 Å². The van der Waals surface area contributed by atoms with Gasteiger partial charge in [-0.1, -0.05) is 13.8 Å². The first-order valence-electron chi connectivity index (χ1n) is 5.02. The summed E-state index contributed by atoms with van der Waals surface area (Å²) in [4.78, 5) is 10.9. The lowest BCUT2D eigenvalue weighted by Gasteiger charge is -2.04. The molecule has 96 valence electrons. The fraction of sp³-hybridized carbons (Fsp3) is 0.364. The lowest BCUT2D eigenvalue weighted by Crippen LogP contribution is -2.06. The van der Waals surface area contributed by atoms with Crippen molar-refractivity contribution in [3.05, 3.63) is 29.3 Å². The van der Waals surface area contributed by atoms with Gasteiger partial charge in [-0.25, -0.2) is 4.79 Å². The zero-order valence-electron chi connectivity index (χ0n) is 10.2. The van der Waals surface area contributed by atoms with E-state index < -0.39 is 16.1 Å². The summed E-state index contributed by atoms with van der Waals surface area (Å²) >= 11 is 0. The van der Waals surface area contributed by atoms with Crippen LogP contribution in [0.4, 0.5) is 0 Å². The number of aryl methyl sites for hydroxylation is 1. The maximum atomic E-state index is 11.2. The summed E-state index contributed by atoms with van der Waals surface area (Å²) in [5, 5.41) is 0. The second-order valence-electron chi connectivity index (χ2n) is 2.94. The largest absolute Gasteiger partial charge is 0.465 e. The van der Waals surface area contributed by atoms with Crippen LogP contribution in [-0.2, 0) is 14.9 Å². The Balaban J connectivity index is 0.00000121. The Morgan fingerprint density at radius 1 is 1.29 bits per heavy atom. The standard InChI is InChI=1S/C9H10O5S.C2H6/c1-6-5-7(15(11,12)13)3-4-8(6)9(10)14-2;1-2/h3-5H,1-2H3,(H,11,12,13);1-2H3. The topological polar surface area (TPSA) is 80.7 Å². The second-order valence-corrected chi connectivity index (χ2v) is 4.36. The Morgan fingerprint density at radius 3 is 2.18 bits per heavy atom. The minimum atomic E-state index is -4.23. The molecule has 0 fully saturated rings. The molecular formula is C11H16O5S. The van der Waals surface area contributed by atoms with Gasteiger partial charge in [-0.05, 0) is 30.7 Å². The van der Waals surface area contributed by atoms with Gasteiger partial charge in [0.05, 0.1) is 17.6 Å². The molecule has 0 saturated heterocycles. The molecule has 6 heteroatoms. The molecule has 0 unspecified atom stereocenters. The minimum Gasteiger partial charge on any atom is -0.465 e. The van der Waals surface area contributed by atoms with Crippen molar-refractivity contribution < 1.29 is 22.5 Å². The van der Waals surface area contributed by atoms with Gasteiger partial charge in [0.15, 0.2) is 0 Å². The quantitative estimate of drug-likeness (QED) is 0.650. The Bertz CT molecular complexity index is 491. The van der Waals surface area contributed by atoms with Crippen LogP contribution in [0.1, 0.15) is 29.8 Å². The summed E-state index contributed by atoms with van der Waals surface area (Å²) < 4.78 is 34.8. The summed E-state index contributed by atoms with van der Waals surface area (Å²) in [7, 11) is -2.99. The van der Waals surface area contributed by atoms with E-state index in [1.165, 1.54) is 19.2 Å². The first kappa shape index (κ1) is 15.6. The van der Waals surface area contributed by atoms with Crippen LogP contribution in [-0.4, -0.2) is 26.0 Å². The van der Waals surface area contributed by atoms with Gasteiger partial charge in [-0.15, -0.1) is 0 Å². The van der Waals surface area contributed by atoms with E-state index in [9.17, 15) is 13.2 Å². The number of carbonyl (C=O) groups excluding carboxylic acids is 1. The van der Waals surface area contributed by atoms with E-state index in [2.05, 4.69) is 4.74 Å². The molecule has 0 aliphatic heterocycles. The van der Waals surface area contributed by atoms with Crippen molar-refractivity contribution in [1.82, 2.24) is 0 Å². The minimum absolute atomic E-state index is 0.243. The monoisotopic (exact) mass is 260 g/mol. The van der Waals surface area contributed by atoms with E-state index >= 15 is 0 Å². The highest BCUT2D eigenvalue weighted by Gasteiger charge is 2.14. The summed E-state index contributed by atoms with van der Waals surface area (Å²) in [5.74, 6) is -0.547. The van der Waals surface area contributed by atoms with E-state index in [0.717, 1.165) is 6.07 Å². The molecular weight excluding hydrogens is 244 g/mol. The van der Waals surface area contributed by atoms with Crippen LogP contribution in [0.3, 0.4) is 0 Å². The number of methoxy groups -OCH3 is 1. The van der Waals surface area contributed by atoms with Crippen LogP contribution < -0.4 is 0 Å². The van der Waals surface area contributed by atoms with Gasteiger partial charge in [0.2, 0.25) is 0 Å². The van der Waals surface area contributed by atoms with Crippen molar-refractivity contribution in [2.45, 2.75) is 25.7 Å². The first-order chi connectivity index (χ1) is 7.86. The molecule has 0 amide bonds. The molecule has 0 bridgehead atoms. The molecule has 1 aromatic rings. The average Bonchev–Trinajstić information content (AvgIpc) is 2.29. The number of ether oxygens (including phenoxy) is 1. The first-order valence-corrected chi connectivity index (χ1v) is 6.46. The van der Waals surface area contributed by atoms with Gasteiger partial charge in [0.25, 0.3) is 10.1 Å². The molecule has 0 saturated carbocycles. The molecule has 5 nitrogen and oxygen atoms in total. The van der Waals surface area contributed by atoms with Crippen molar-refractivity contribution in [3.63, 3.8) is 0 Å². The van der Waals surface area contributed by atoms with Crippen LogP contribution in [0.25, 0.3) is 0 Å². The third-order valence-electron chi connectivity index (χ3n) is 1.90. The number of rotatable bonds is 2. The highest BCUT2D eigenvalue weighted by molar-refractivity contribution is 7.85. The second kappa shape index (κ2) is 6.36. The number of carbonyl (C=O) groups is 1. The van der Waals surface area contributed by atoms with Gasteiger partial charge in [-0.2, -0.15) is 8.42 Å². The van der Waals surface area contributed by atoms with E-state index in [-0.39, 0.29) is 10.5 Å². The fourth-order valence-electron chi connectivity index (χ4n) is 1.14. The van der Waals surface area contributed by atoms with Crippen LogP contribution in [0.2, 0.25) is 0 Å². The number of esters is 1. The number of hydrogen-bond acceptors (Lipinski definition) is 4. The highest BCUT2D eigenvalue weighted by Crippen LogP contribution is 2.15. The lowest BCUT2D eigenvalue weighted by atomic mass is 10.1. The van der Waals surface area contributed by atoms with Gasteiger partial charge < -0.3 is 4.74 Å². The molecule has 1 aromatic carbocycles. The van der Waals surface area contributed by atoms with E-state index in [1.54, 1.807) is 6.92 Å². The smallest absolute Gasteiger partial charge is 0.338 e. The lowest BCUT2D eigenvalue weighted by molar-refractivity contribution is 0.0599. The number of benzene rings is 1. The van der Waals surface area contributed by atoms with Crippen molar-refractivity contribution in [3.8, 4) is 0 Å². The maximum Gasteiger partial charge on any atom is 0.338 e. The molecule has 1 rings (SSSR count). The number of hydrogen-bond donors (Lipinski definition) is 1. The molecule has 0 aliphatic carbocycles. The van der Waals surface area contributed by atoms with E-state index in [0.29, 0.717) is 5.56 Å². The predicted octanol–water partition coefficient (Wildman–Crippen LogP) is 2.05. The van der Waals surface area contributed by atoms with Crippen molar-refractivity contribution in [1.29, 1.82) is 0 Å². The Morgan fingerprint density at radius 2 is 1.82 bits per heavy atom. The molecule has 0 heterocycles. The van der Waals surface area contributed by atoms with Crippen molar-refractivity contribution in [2.75, 3.05) is 7.11 Å². The molecule has 1 N–H and O–H groups in total. The Hall–Kier alpha value is -1.40. The van der Waals surface area contributed by atoms with Crippen LogP contribution >= 0.6 is 0 Å². The highest BCUT2D eigenvalue weighted by atomic mass is 32.2. The summed E-state index contributed by atoms with van der Waals surface area (Å²) in [6.07, 6.45) is 0. The maximum absolute atomic E-state index is 11.2. The fourth-order valence-corrected chi connectivity index (χ4v) is 1.70. The molecule has 0 spiro atoms. The summed E-state index contributed by atoms with van der Waals surface area (Å²) in [5.41, 5.74) is 0.696.